The monoisotopic (exact) mass is 369 g/mol. The van der Waals surface area contributed by atoms with Gasteiger partial charge in [-0.15, -0.1) is 0 Å². The van der Waals surface area contributed by atoms with Crippen LogP contribution in [0.1, 0.15) is 16.1 Å². The van der Waals surface area contributed by atoms with Crippen LogP contribution in [0.3, 0.4) is 0 Å². The topological polar surface area (TPSA) is 72.7 Å². The number of hydrogen-bond acceptors (Lipinski definition) is 4. The third-order valence-corrected chi connectivity index (χ3v) is 4.40. The standard InChI is InChI=1S/C22H19N5O/c1-27-15-19(17-9-12-23-13-10-17)21(26-27)18-7-5-16(6-8-18)14-25-22(28)20-4-2-3-11-24-20/h2-13,15H,14H2,1H3,(H,25,28). The highest BCUT2D eigenvalue weighted by molar-refractivity contribution is 5.92. The summed E-state index contributed by atoms with van der Waals surface area (Å²) in [5.74, 6) is -0.186. The Labute approximate surface area is 162 Å². The zero-order valence-electron chi connectivity index (χ0n) is 15.4. The molecule has 3 heterocycles. The molecule has 1 N–H and O–H groups in total. The number of nitrogens with zero attached hydrogens (tertiary/aromatic N) is 4. The minimum absolute atomic E-state index is 0.186. The average molecular weight is 369 g/mol. The molecule has 0 fully saturated rings. The molecule has 1 aromatic carbocycles. The summed E-state index contributed by atoms with van der Waals surface area (Å²) in [7, 11) is 1.91. The van der Waals surface area contributed by atoms with Crippen molar-refractivity contribution in [2.75, 3.05) is 0 Å². The normalized spacial score (nSPS) is 10.6. The maximum absolute atomic E-state index is 12.1. The highest BCUT2D eigenvalue weighted by Gasteiger charge is 2.12. The van der Waals surface area contributed by atoms with Crippen molar-refractivity contribution in [3.8, 4) is 22.4 Å². The Morgan fingerprint density at radius 3 is 2.46 bits per heavy atom. The first-order valence-corrected chi connectivity index (χ1v) is 8.93. The van der Waals surface area contributed by atoms with E-state index in [0.29, 0.717) is 12.2 Å². The molecule has 0 bridgehead atoms. The van der Waals surface area contributed by atoms with Gasteiger partial charge >= 0.3 is 0 Å². The summed E-state index contributed by atoms with van der Waals surface area (Å²) in [6, 6.07) is 17.3. The molecule has 0 saturated carbocycles. The highest BCUT2D eigenvalue weighted by atomic mass is 16.1. The Morgan fingerprint density at radius 1 is 0.964 bits per heavy atom. The van der Waals surface area contributed by atoms with Crippen molar-refractivity contribution in [1.82, 2.24) is 25.1 Å². The van der Waals surface area contributed by atoms with Gasteiger partial charge in [0.05, 0.1) is 0 Å². The predicted octanol–water partition coefficient (Wildman–Crippen LogP) is 3.47. The second-order valence-corrected chi connectivity index (χ2v) is 6.40. The minimum Gasteiger partial charge on any atom is -0.347 e. The first-order valence-electron chi connectivity index (χ1n) is 8.93. The van der Waals surface area contributed by atoms with Gasteiger partial charge in [-0.1, -0.05) is 30.3 Å². The molecule has 3 aromatic heterocycles. The molecule has 0 radical (unpaired) electrons. The Morgan fingerprint density at radius 2 is 1.75 bits per heavy atom. The lowest BCUT2D eigenvalue weighted by Gasteiger charge is -2.07. The average Bonchev–Trinajstić information content (AvgIpc) is 3.15. The minimum atomic E-state index is -0.186. The fourth-order valence-electron chi connectivity index (χ4n) is 2.99. The number of benzene rings is 1. The largest absolute Gasteiger partial charge is 0.347 e. The number of aryl methyl sites for hydroxylation is 1. The van der Waals surface area contributed by atoms with Gasteiger partial charge in [-0.2, -0.15) is 5.10 Å². The number of carbonyl (C=O) groups is 1. The summed E-state index contributed by atoms with van der Waals surface area (Å²) in [6.45, 7) is 0.440. The van der Waals surface area contributed by atoms with E-state index in [2.05, 4.69) is 20.4 Å². The van der Waals surface area contributed by atoms with Crippen LogP contribution < -0.4 is 5.32 Å². The van der Waals surface area contributed by atoms with Crippen molar-refractivity contribution < 1.29 is 4.79 Å². The predicted molar refractivity (Wildman–Crippen MR) is 107 cm³/mol. The van der Waals surface area contributed by atoms with Crippen molar-refractivity contribution in [3.05, 3.63) is 90.6 Å². The molecule has 0 unspecified atom stereocenters. The zero-order valence-corrected chi connectivity index (χ0v) is 15.4. The Hall–Kier alpha value is -3.80. The van der Waals surface area contributed by atoms with Gasteiger partial charge in [0.2, 0.25) is 0 Å². The van der Waals surface area contributed by atoms with Crippen LogP contribution in [0.4, 0.5) is 0 Å². The number of carbonyl (C=O) groups excluding carboxylic acids is 1. The molecule has 0 spiro atoms. The lowest BCUT2D eigenvalue weighted by atomic mass is 10.0. The van der Waals surface area contributed by atoms with Crippen molar-refractivity contribution >= 4 is 5.91 Å². The molecule has 28 heavy (non-hydrogen) atoms. The summed E-state index contributed by atoms with van der Waals surface area (Å²) in [4.78, 5) is 20.3. The van der Waals surface area contributed by atoms with E-state index in [-0.39, 0.29) is 5.91 Å². The van der Waals surface area contributed by atoms with E-state index >= 15 is 0 Å². The molecule has 0 atom stereocenters. The molecule has 0 aliphatic carbocycles. The lowest BCUT2D eigenvalue weighted by Crippen LogP contribution is -2.23. The Kier molecular flexibility index (Phi) is 4.93. The molecule has 4 aromatic rings. The fourth-order valence-corrected chi connectivity index (χ4v) is 2.99. The first-order chi connectivity index (χ1) is 13.7. The lowest BCUT2D eigenvalue weighted by molar-refractivity contribution is 0.0946. The van der Waals surface area contributed by atoms with Crippen LogP contribution in [-0.2, 0) is 13.6 Å². The van der Waals surface area contributed by atoms with Gasteiger partial charge < -0.3 is 5.32 Å². The van der Waals surface area contributed by atoms with Gasteiger partial charge in [0.15, 0.2) is 0 Å². The van der Waals surface area contributed by atoms with Crippen molar-refractivity contribution in [2.24, 2.45) is 7.05 Å². The van der Waals surface area contributed by atoms with E-state index < -0.39 is 0 Å². The number of amides is 1. The molecule has 1 amide bonds. The second-order valence-electron chi connectivity index (χ2n) is 6.40. The molecule has 0 aliphatic heterocycles. The maximum Gasteiger partial charge on any atom is 0.270 e. The van der Waals surface area contributed by atoms with E-state index in [1.807, 2.05) is 54.3 Å². The smallest absolute Gasteiger partial charge is 0.270 e. The Balaban J connectivity index is 1.51. The molecule has 6 heteroatoms. The molecule has 0 saturated heterocycles. The summed E-state index contributed by atoms with van der Waals surface area (Å²) in [5, 5.41) is 7.51. The van der Waals surface area contributed by atoms with Crippen LogP contribution in [0.25, 0.3) is 22.4 Å². The van der Waals surface area contributed by atoms with Crippen LogP contribution >= 0.6 is 0 Å². The van der Waals surface area contributed by atoms with Crippen LogP contribution in [0.15, 0.2) is 79.4 Å². The first kappa shape index (κ1) is 17.6. The molecule has 6 nitrogen and oxygen atoms in total. The third-order valence-electron chi connectivity index (χ3n) is 4.40. The van der Waals surface area contributed by atoms with E-state index in [1.54, 1.807) is 36.8 Å². The molecule has 138 valence electrons. The number of hydrogen-bond donors (Lipinski definition) is 1. The zero-order chi connectivity index (χ0) is 19.3. The quantitative estimate of drug-likeness (QED) is 0.585. The van der Waals surface area contributed by atoms with Gasteiger partial charge in [0, 0.05) is 49.5 Å². The van der Waals surface area contributed by atoms with Crippen LogP contribution in [0, 0.1) is 0 Å². The molecule has 4 rings (SSSR count). The van der Waals surface area contributed by atoms with Gasteiger partial charge in [-0.05, 0) is 35.4 Å². The number of rotatable bonds is 5. The van der Waals surface area contributed by atoms with E-state index in [4.69, 9.17) is 0 Å². The van der Waals surface area contributed by atoms with Crippen LogP contribution in [0.5, 0.6) is 0 Å². The van der Waals surface area contributed by atoms with Crippen molar-refractivity contribution in [1.29, 1.82) is 0 Å². The fraction of sp³-hybridized carbons (Fsp3) is 0.0909. The van der Waals surface area contributed by atoms with Crippen molar-refractivity contribution in [2.45, 2.75) is 6.54 Å². The van der Waals surface area contributed by atoms with Gasteiger partial charge in [0.1, 0.15) is 11.4 Å². The molecular formula is C22H19N5O. The van der Waals surface area contributed by atoms with Crippen LogP contribution in [0.2, 0.25) is 0 Å². The SMILES string of the molecule is Cn1cc(-c2ccncc2)c(-c2ccc(CNC(=O)c3ccccn3)cc2)n1. The molecule has 0 aliphatic rings. The highest BCUT2D eigenvalue weighted by Crippen LogP contribution is 2.30. The maximum atomic E-state index is 12.1. The van der Waals surface area contributed by atoms with E-state index in [1.165, 1.54) is 0 Å². The second kappa shape index (κ2) is 7.84. The van der Waals surface area contributed by atoms with Gasteiger partial charge in [-0.25, -0.2) is 0 Å². The van der Waals surface area contributed by atoms with E-state index in [9.17, 15) is 4.79 Å². The number of pyridine rings is 2. The summed E-state index contributed by atoms with van der Waals surface area (Å²) < 4.78 is 1.81. The van der Waals surface area contributed by atoms with Gasteiger partial charge in [-0.3, -0.25) is 19.4 Å². The summed E-state index contributed by atoms with van der Waals surface area (Å²) in [5.41, 5.74) is 5.49. The van der Waals surface area contributed by atoms with Crippen LogP contribution in [-0.4, -0.2) is 25.7 Å². The third kappa shape index (κ3) is 3.81. The summed E-state index contributed by atoms with van der Waals surface area (Å²) in [6.07, 6.45) is 7.17. The Bertz CT molecular complexity index is 1070. The van der Waals surface area contributed by atoms with E-state index in [0.717, 1.165) is 27.9 Å². The number of aromatic nitrogens is 4. The van der Waals surface area contributed by atoms with Crippen molar-refractivity contribution in [3.63, 3.8) is 0 Å². The van der Waals surface area contributed by atoms with Gasteiger partial charge in [0.25, 0.3) is 5.91 Å². The number of nitrogens with one attached hydrogen (secondary N) is 1. The molecular weight excluding hydrogens is 350 g/mol. The summed E-state index contributed by atoms with van der Waals surface area (Å²) >= 11 is 0.